The maximum atomic E-state index is 12.1. The zero-order valence-corrected chi connectivity index (χ0v) is 13.3. The Bertz CT molecular complexity index is 442. The number of hydrogen-bond acceptors (Lipinski definition) is 2. The van der Waals surface area contributed by atoms with E-state index in [0.29, 0.717) is 19.5 Å². The number of nitrogens with two attached hydrogens (primary N) is 1. The van der Waals surface area contributed by atoms with Crippen LogP contribution in [0.3, 0.4) is 0 Å². The van der Waals surface area contributed by atoms with Crippen molar-refractivity contribution in [3.05, 3.63) is 34.9 Å². The van der Waals surface area contributed by atoms with Crippen LogP contribution in [0.4, 0.5) is 0 Å². The van der Waals surface area contributed by atoms with E-state index in [1.165, 1.54) is 11.1 Å². The van der Waals surface area contributed by atoms with Gasteiger partial charge in [-0.05, 0) is 49.8 Å². The average molecular weight is 276 g/mol. The lowest BCUT2D eigenvalue weighted by molar-refractivity contribution is -0.121. The Kier molecular flexibility index (Phi) is 6.21. The van der Waals surface area contributed by atoms with Gasteiger partial charge >= 0.3 is 0 Å². The summed E-state index contributed by atoms with van der Waals surface area (Å²) in [6.45, 7) is 9.64. The third-order valence-corrected chi connectivity index (χ3v) is 4.45. The number of nitrogens with one attached hydrogen (secondary N) is 1. The molecule has 3 nitrogen and oxygen atoms in total. The van der Waals surface area contributed by atoms with Crippen LogP contribution in [0.25, 0.3) is 0 Å². The van der Waals surface area contributed by atoms with Crippen molar-refractivity contribution < 1.29 is 4.79 Å². The van der Waals surface area contributed by atoms with Crippen LogP contribution in [-0.2, 0) is 11.2 Å². The van der Waals surface area contributed by atoms with Gasteiger partial charge < -0.3 is 11.1 Å². The molecule has 0 atom stereocenters. The summed E-state index contributed by atoms with van der Waals surface area (Å²) in [4.78, 5) is 12.1. The second kappa shape index (κ2) is 7.44. The van der Waals surface area contributed by atoms with Gasteiger partial charge in [-0.15, -0.1) is 0 Å². The fraction of sp³-hybridized carbons (Fsp3) is 0.588. The molecule has 20 heavy (non-hydrogen) atoms. The fourth-order valence-corrected chi connectivity index (χ4v) is 2.37. The van der Waals surface area contributed by atoms with E-state index in [0.717, 1.165) is 18.4 Å². The lowest BCUT2D eigenvalue weighted by Crippen LogP contribution is -2.42. The Morgan fingerprint density at radius 1 is 1.25 bits per heavy atom. The molecule has 1 aromatic carbocycles. The highest BCUT2D eigenvalue weighted by molar-refractivity contribution is 5.79. The number of amides is 1. The van der Waals surface area contributed by atoms with E-state index in [2.05, 4.69) is 44.3 Å². The molecule has 0 radical (unpaired) electrons. The van der Waals surface area contributed by atoms with Crippen LogP contribution in [-0.4, -0.2) is 19.0 Å². The molecule has 0 aromatic heterocycles. The Morgan fingerprint density at radius 2 is 1.90 bits per heavy atom. The minimum atomic E-state index is 0.0390. The molecule has 0 aliphatic rings. The number of carbonyl (C=O) groups is 1. The molecule has 0 spiro atoms. The Balaban J connectivity index is 2.62. The SMILES string of the molecule is CCC(CC)(CN)CNC(=O)Cc1cc(C)ccc1C. The second-order valence-corrected chi connectivity index (χ2v) is 5.79. The highest BCUT2D eigenvalue weighted by Crippen LogP contribution is 2.23. The summed E-state index contributed by atoms with van der Waals surface area (Å²) in [7, 11) is 0. The molecular weight excluding hydrogens is 248 g/mol. The molecule has 0 fully saturated rings. The Morgan fingerprint density at radius 3 is 2.45 bits per heavy atom. The lowest BCUT2D eigenvalue weighted by atomic mass is 9.82. The van der Waals surface area contributed by atoms with Gasteiger partial charge in [0.25, 0.3) is 0 Å². The first kappa shape index (κ1) is 16.7. The standard InChI is InChI=1S/C17H28N2O/c1-5-17(6-2,11-18)12-19-16(20)10-15-9-13(3)7-8-14(15)4/h7-9H,5-6,10-12,18H2,1-4H3,(H,19,20). The molecule has 0 saturated heterocycles. The molecule has 3 heteroatoms. The lowest BCUT2D eigenvalue weighted by Gasteiger charge is -2.30. The summed E-state index contributed by atoms with van der Waals surface area (Å²) in [6, 6.07) is 6.23. The zero-order valence-electron chi connectivity index (χ0n) is 13.3. The highest BCUT2D eigenvalue weighted by atomic mass is 16.1. The predicted octanol–water partition coefficient (Wildman–Crippen LogP) is 2.73. The molecule has 1 rings (SSSR count). The van der Waals surface area contributed by atoms with Crippen LogP contribution in [0.1, 0.15) is 43.4 Å². The number of benzene rings is 1. The first-order chi connectivity index (χ1) is 9.46. The third-order valence-electron chi connectivity index (χ3n) is 4.45. The molecule has 3 N–H and O–H groups in total. The smallest absolute Gasteiger partial charge is 0.224 e. The van der Waals surface area contributed by atoms with Gasteiger partial charge in [0.2, 0.25) is 5.91 Å². The third kappa shape index (κ3) is 4.34. The van der Waals surface area contributed by atoms with E-state index in [1.54, 1.807) is 0 Å². The van der Waals surface area contributed by atoms with E-state index in [9.17, 15) is 4.79 Å². The normalized spacial score (nSPS) is 11.4. The zero-order chi connectivity index (χ0) is 15.2. The molecule has 0 saturated carbocycles. The highest BCUT2D eigenvalue weighted by Gasteiger charge is 2.24. The van der Waals surface area contributed by atoms with Crippen LogP contribution >= 0.6 is 0 Å². The Labute approximate surface area is 122 Å². The van der Waals surface area contributed by atoms with Crippen molar-refractivity contribution in [1.82, 2.24) is 5.32 Å². The van der Waals surface area contributed by atoms with Crippen molar-refractivity contribution in [3.8, 4) is 0 Å². The van der Waals surface area contributed by atoms with Crippen molar-refractivity contribution in [2.75, 3.05) is 13.1 Å². The van der Waals surface area contributed by atoms with Crippen molar-refractivity contribution in [3.63, 3.8) is 0 Å². The van der Waals surface area contributed by atoms with Crippen LogP contribution in [0, 0.1) is 19.3 Å². The minimum Gasteiger partial charge on any atom is -0.355 e. The number of rotatable bonds is 7. The number of hydrogen-bond donors (Lipinski definition) is 2. The molecule has 0 aliphatic carbocycles. The summed E-state index contributed by atoms with van der Waals surface area (Å²) in [5.74, 6) is 0.0819. The van der Waals surface area contributed by atoms with Crippen molar-refractivity contribution in [1.29, 1.82) is 0 Å². The maximum Gasteiger partial charge on any atom is 0.224 e. The van der Waals surface area contributed by atoms with Gasteiger partial charge in [0.1, 0.15) is 0 Å². The van der Waals surface area contributed by atoms with Crippen LogP contribution in [0.5, 0.6) is 0 Å². The van der Waals surface area contributed by atoms with Gasteiger partial charge in [-0.2, -0.15) is 0 Å². The average Bonchev–Trinajstić information content (AvgIpc) is 2.45. The first-order valence-corrected chi connectivity index (χ1v) is 7.49. The summed E-state index contributed by atoms with van der Waals surface area (Å²) in [6.07, 6.45) is 2.43. The molecule has 112 valence electrons. The topological polar surface area (TPSA) is 55.1 Å². The van der Waals surface area contributed by atoms with Crippen molar-refractivity contribution in [2.24, 2.45) is 11.1 Å². The maximum absolute atomic E-state index is 12.1. The van der Waals surface area contributed by atoms with Gasteiger partial charge in [0, 0.05) is 6.54 Å². The Hall–Kier alpha value is -1.35. The summed E-state index contributed by atoms with van der Waals surface area (Å²) in [5, 5.41) is 3.05. The fourth-order valence-electron chi connectivity index (χ4n) is 2.37. The monoisotopic (exact) mass is 276 g/mol. The molecule has 1 amide bonds. The molecule has 0 unspecified atom stereocenters. The molecular formula is C17H28N2O. The van der Waals surface area contributed by atoms with E-state index < -0.39 is 0 Å². The summed E-state index contributed by atoms with van der Waals surface area (Å²) in [5.41, 5.74) is 9.36. The molecule has 1 aromatic rings. The van der Waals surface area contributed by atoms with Gasteiger partial charge in [-0.3, -0.25) is 4.79 Å². The van der Waals surface area contributed by atoms with E-state index >= 15 is 0 Å². The largest absolute Gasteiger partial charge is 0.355 e. The van der Waals surface area contributed by atoms with Crippen molar-refractivity contribution in [2.45, 2.75) is 47.0 Å². The first-order valence-electron chi connectivity index (χ1n) is 7.49. The molecule has 0 heterocycles. The van der Waals surface area contributed by atoms with Crippen LogP contribution in [0.15, 0.2) is 18.2 Å². The second-order valence-electron chi connectivity index (χ2n) is 5.79. The predicted molar refractivity (Wildman–Crippen MR) is 84.7 cm³/mol. The van der Waals surface area contributed by atoms with Crippen LogP contribution in [0.2, 0.25) is 0 Å². The van der Waals surface area contributed by atoms with Gasteiger partial charge in [-0.1, -0.05) is 37.6 Å². The van der Waals surface area contributed by atoms with Gasteiger partial charge in [0.15, 0.2) is 0 Å². The molecule has 0 aliphatic heterocycles. The van der Waals surface area contributed by atoms with E-state index in [4.69, 9.17) is 5.73 Å². The van der Waals surface area contributed by atoms with Crippen LogP contribution < -0.4 is 11.1 Å². The summed E-state index contributed by atoms with van der Waals surface area (Å²) >= 11 is 0. The van der Waals surface area contributed by atoms with Gasteiger partial charge in [-0.25, -0.2) is 0 Å². The summed E-state index contributed by atoms with van der Waals surface area (Å²) < 4.78 is 0. The number of carbonyl (C=O) groups excluding carboxylic acids is 1. The number of aryl methyl sites for hydroxylation is 2. The van der Waals surface area contributed by atoms with E-state index in [1.807, 2.05) is 6.92 Å². The molecule has 0 bridgehead atoms. The minimum absolute atomic E-state index is 0.0390. The van der Waals surface area contributed by atoms with Gasteiger partial charge in [0.05, 0.1) is 6.42 Å². The van der Waals surface area contributed by atoms with E-state index in [-0.39, 0.29) is 11.3 Å². The van der Waals surface area contributed by atoms with Crippen molar-refractivity contribution >= 4 is 5.91 Å². The quantitative estimate of drug-likeness (QED) is 0.804.